The fourth-order valence-electron chi connectivity index (χ4n) is 7.13. The third-order valence-corrected chi connectivity index (χ3v) is 10.7. The van der Waals surface area contributed by atoms with Crippen LogP contribution in [-0.4, -0.2) is 74.3 Å². The van der Waals surface area contributed by atoms with Crippen molar-refractivity contribution in [1.29, 1.82) is 0 Å². The molecule has 4 rings (SSSR count). The second-order valence-electron chi connectivity index (χ2n) is 15.3. The van der Waals surface area contributed by atoms with E-state index in [1.165, 1.54) is 0 Å². The van der Waals surface area contributed by atoms with Crippen LogP contribution in [0.1, 0.15) is 101 Å². The standard InChI is InChI=1S/C43H61N7O7/c1-4-28(2)40(42(55)46-26-33-25-45-29(3)47-41(33)44)50-39(54)24-37(52)35(23-31-16-10-6-11-17-31)48-38(53)21-20-36(51)34(22-30-14-8-5-9-15-30)49-43(56)57-27-32-18-12-7-13-19-32/h5,7-9,12-15,18-19,25,28,31,34-37,40,51-52H,4,6,10-11,16-17,20-24,26-27H2,1-3H3,(H,46,55)(H,48,53)(H,49,56)(H,50,54)(H2,44,45,47)/t28-,34-,35-,36+,37-,40-/m0/s1. The highest BCUT2D eigenvalue weighted by Crippen LogP contribution is 2.28. The van der Waals surface area contributed by atoms with Crippen LogP contribution < -0.4 is 27.0 Å². The molecule has 1 aliphatic carbocycles. The Bertz CT molecular complexity index is 1710. The molecule has 1 fully saturated rings. The molecule has 0 aliphatic heterocycles. The van der Waals surface area contributed by atoms with Gasteiger partial charge < -0.3 is 42.0 Å². The second kappa shape index (κ2) is 23.2. The first-order valence-electron chi connectivity index (χ1n) is 20.2. The Hall–Kier alpha value is -5.08. The van der Waals surface area contributed by atoms with E-state index < -0.39 is 54.1 Å². The molecule has 8 N–H and O–H groups in total. The van der Waals surface area contributed by atoms with Crippen LogP contribution >= 0.6 is 0 Å². The van der Waals surface area contributed by atoms with Crippen LogP contribution in [0.4, 0.5) is 10.6 Å². The average Bonchev–Trinajstić information content (AvgIpc) is 3.21. The Labute approximate surface area is 336 Å². The van der Waals surface area contributed by atoms with Crippen molar-refractivity contribution in [1.82, 2.24) is 31.2 Å². The van der Waals surface area contributed by atoms with E-state index >= 15 is 0 Å². The van der Waals surface area contributed by atoms with Gasteiger partial charge in [-0.25, -0.2) is 14.8 Å². The predicted molar refractivity (Wildman–Crippen MR) is 217 cm³/mol. The highest BCUT2D eigenvalue weighted by atomic mass is 16.5. The van der Waals surface area contributed by atoms with E-state index in [-0.39, 0.29) is 50.1 Å². The molecule has 0 radical (unpaired) electrons. The van der Waals surface area contributed by atoms with E-state index in [1.54, 1.807) is 13.1 Å². The Kier molecular flexibility index (Phi) is 18.2. The van der Waals surface area contributed by atoms with E-state index in [0.717, 1.165) is 43.2 Å². The molecule has 1 heterocycles. The van der Waals surface area contributed by atoms with Crippen molar-refractivity contribution in [3.63, 3.8) is 0 Å². The maximum absolute atomic E-state index is 13.5. The van der Waals surface area contributed by atoms with Crippen molar-refractivity contribution in [2.45, 2.75) is 135 Å². The Morgan fingerprint density at radius 2 is 1.54 bits per heavy atom. The van der Waals surface area contributed by atoms with Gasteiger partial charge in [0.05, 0.1) is 30.7 Å². The SMILES string of the molecule is CC[C@H](C)[C@H](NC(=O)C[C@H](O)[C@H](CC1CCCCC1)NC(=O)CC[C@@H](O)[C@H](Cc1ccccc1)NC(=O)OCc1ccccc1)C(=O)NCc1cnc(C)nc1N. The molecular formula is C43H61N7O7. The summed E-state index contributed by atoms with van der Waals surface area (Å²) in [5.74, 6) is -0.483. The summed E-state index contributed by atoms with van der Waals surface area (Å²) in [6.45, 7) is 5.65. The smallest absolute Gasteiger partial charge is 0.407 e. The van der Waals surface area contributed by atoms with Crippen molar-refractivity contribution in [3.05, 3.63) is 89.4 Å². The van der Waals surface area contributed by atoms with Gasteiger partial charge in [-0.2, -0.15) is 0 Å². The molecular weight excluding hydrogens is 727 g/mol. The maximum atomic E-state index is 13.5. The fourth-order valence-corrected chi connectivity index (χ4v) is 7.13. The molecule has 2 aromatic carbocycles. The summed E-state index contributed by atoms with van der Waals surface area (Å²) < 4.78 is 5.42. The number of nitrogen functional groups attached to an aromatic ring is 1. The van der Waals surface area contributed by atoms with E-state index in [2.05, 4.69) is 31.2 Å². The summed E-state index contributed by atoms with van der Waals surface area (Å²) in [7, 11) is 0. The zero-order valence-corrected chi connectivity index (χ0v) is 33.5. The van der Waals surface area contributed by atoms with E-state index in [1.807, 2.05) is 74.5 Å². The molecule has 6 atom stereocenters. The molecule has 57 heavy (non-hydrogen) atoms. The number of anilines is 1. The number of hydrogen-bond acceptors (Lipinski definition) is 10. The van der Waals surface area contributed by atoms with E-state index in [9.17, 15) is 29.4 Å². The second-order valence-corrected chi connectivity index (χ2v) is 15.3. The monoisotopic (exact) mass is 787 g/mol. The number of carbonyl (C=O) groups is 4. The van der Waals surface area contributed by atoms with Crippen LogP contribution in [-0.2, 0) is 38.7 Å². The van der Waals surface area contributed by atoms with Gasteiger partial charge in [0.15, 0.2) is 0 Å². The maximum Gasteiger partial charge on any atom is 0.407 e. The van der Waals surface area contributed by atoms with Crippen LogP contribution in [0.2, 0.25) is 0 Å². The van der Waals surface area contributed by atoms with Gasteiger partial charge in [0.1, 0.15) is 24.3 Å². The summed E-state index contributed by atoms with van der Waals surface area (Å²) in [4.78, 5) is 61.3. The van der Waals surface area contributed by atoms with Gasteiger partial charge in [-0.3, -0.25) is 14.4 Å². The topological polar surface area (TPSA) is 218 Å². The summed E-state index contributed by atoms with van der Waals surface area (Å²) in [5.41, 5.74) is 8.26. The number of rotatable bonds is 21. The summed E-state index contributed by atoms with van der Waals surface area (Å²) in [6.07, 6.45) is 4.76. The number of hydrogen-bond donors (Lipinski definition) is 7. The van der Waals surface area contributed by atoms with E-state index in [4.69, 9.17) is 10.5 Å². The van der Waals surface area contributed by atoms with Gasteiger partial charge >= 0.3 is 6.09 Å². The summed E-state index contributed by atoms with van der Waals surface area (Å²) >= 11 is 0. The Morgan fingerprint density at radius 1 is 0.877 bits per heavy atom. The minimum atomic E-state index is -1.22. The number of aliphatic hydroxyl groups excluding tert-OH is 2. The molecule has 14 nitrogen and oxygen atoms in total. The number of benzene rings is 2. The molecule has 310 valence electrons. The number of alkyl carbamates (subject to hydrolysis) is 1. The highest BCUT2D eigenvalue weighted by molar-refractivity contribution is 5.88. The number of aliphatic hydroxyl groups is 2. The van der Waals surface area contributed by atoms with Gasteiger partial charge in [0.2, 0.25) is 17.7 Å². The number of nitrogens with two attached hydrogens (primary N) is 1. The summed E-state index contributed by atoms with van der Waals surface area (Å²) in [6, 6.07) is 16.3. The number of nitrogens with zero attached hydrogens (tertiary/aromatic N) is 2. The number of aromatic nitrogens is 2. The van der Waals surface area contributed by atoms with Crippen molar-refractivity contribution in [3.8, 4) is 0 Å². The minimum Gasteiger partial charge on any atom is -0.445 e. The van der Waals surface area contributed by atoms with Crippen LogP contribution in [0.15, 0.2) is 66.9 Å². The lowest BCUT2D eigenvalue weighted by molar-refractivity contribution is -0.132. The molecule has 0 bridgehead atoms. The Morgan fingerprint density at radius 3 is 2.19 bits per heavy atom. The first-order valence-corrected chi connectivity index (χ1v) is 20.2. The van der Waals surface area contributed by atoms with Crippen LogP contribution in [0.25, 0.3) is 0 Å². The number of carbonyl (C=O) groups excluding carboxylic acids is 4. The molecule has 0 unspecified atom stereocenters. The lowest BCUT2D eigenvalue weighted by atomic mass is 9.83. The molecule has 1 saturated carbocycles. The molecule has 14 heteroatoms. The molecule has 3 aromatic rings. The molecule has 0 saturated heterocycles. The molecule has 4 amide bonds. The van der Waals surface area contributed by atoms with Gasteiger partial charge in [-0.05, 0) is 49.1 Å². The van der Waals surface area contributed by atoms with Crippen molar-refractivity contribution in [2.24, 2.45) is 11.8 Å². The first kappa shape index (κ1) is 44.6. The van der Waals surface area contributed by atoms with Gasteiger partial charge in [-0.1, -0.05) is 113 Å². The number of nitrogens with one attached hydrogen (secondary N) is 4. The number of amides is 4. The zero-order chi connectivity index (χ0) is 41.2. The van der Waals surface area contributed by atoms with Crippen molar-refractivity contribution < 1.29 is 34.1 Å². The van der Waals surface area contributed by atoms with Gasteiger partial charge in [0, 0.05) is 24.7 Å². The first-order chi connectivity index (χ1) is 27.4. The van der Waals surface area contributed by atoms with Gasteiger partial charge in [0.25, 0.3) is 0 Å². The molecule has 1 aliphatic rings. The molecule has 0 spiro atoms. The largest absolute Gasteiger partial charge is 0.445 e. The quantitative estimate of drug-likeness (QED) is 0.0808. The van der Waals surface area contributed by atoms with Crippen LogP contribution in [0, 0.1) is 18.8 Å². The van der Waals surface area contributed by atoms with E-state index in [0.29, 0.717) is 30.7 Å². The lowest BCUT2D eigenvalue weighted by Gasteiger charge is -2.31. The van der Waals surface area contributed by atoms with Gasteiger partial charge in [-0.15, -0.1) is 0 Å². The predicted octanol–water partition coefficient (Wildman–Crippen LogP) is 4.40. The van der Waals surface area contributed by atoms with Crippen molar-refractivity contribution >= 4 is 29.6 Å². The number of aryl methyl sites for hydroxylation is 1. The Balaban J connectivity index is 1.36. The van der Waals surface area contributed by atoms with Crippen molar-refractivity contribution in [2.75, 3.05) is 5.73 Å². The normalized spacial score (nSPS) is 16.2. The average molecular weight is 788 g/mol. The lowest BCUT2D eigenvalue weighted by Crippen LogP contribution is -2.52. The third-order valence-electron chi connectivity index (χ3n) is 10.7. The van der Waals surface area contributed by atoms with Crippen LogP contribution in [0.3, 0.4) is 0 Å². The summed E-state index contributed by atoms with van der Waals surface area (Å²) in [5, 5.41) is 34.1. The third kappa shape index (κ3) is 15.4. The minimum absolute atomic E-state index is 0.0289. The van der Waals surface area contributed by atoms with Crippen LogP contribution in [0.5, 0.6) is 0 Å². The molecule has 1 aromatic heterocycles. The zero-order valence-electron chi connectivity index (χ0n) is 33.5. The fraction of sp³-hybridized carbons (Fsp3) is 0.535. The highest BCUT2D eigenvalue weighted by Gasteiger charge is 2.31. The number of ether oxygens (including phenoxy) is 1.